The fraction of sp³-hybridized carbons (Fsp3) is 1.00. The zero-order chi connectivity index (χ0) is 8.79. The molecule has 5 saturated carbocycles. The first-order valence-electron chi connectivity index (χ1n) is 5.67. The molecule has 2 N–H and O–H groups in total. The van der Waals surface area contributed by atoms with Crippen molar-refractivity contribution in [2.24, 2.45) is 41.2 Å². The zero-order valence-electron chi connectivity index (χ0n) is 7.75. The standard InChI is InChI=1S/C11H16IN/c12-11(13)7-4-8(11)10-6-2-1-5(3-6)9(7)10/h5-10H,1-4,13H2. The Labute approximate surface area is 93.0 Å². The number of halogens is 1. The normalized spacial score (nSPS) is 72.5. The highest BCUT2D eigenvalue weighted by atomic mass is 127. The maximum absolute atomic E-state index is 6.40. The van der Waals surface area contributed by atoms with Gasteiger partial charge in [-0.05, 0) is 61.2 Å². The van der Waals surface area contributed by atoms with Gasteiger partial charge in [0.15, 0.2) is 0 Å². The minimum absolute atomic E-state index is 0.217. The maximum Gasteiger partial charge on any atom is 0.0743 e. The summed E-state index contributed by atoms with van der Waals surface area (Å²) < 4.78 is 0.217. The second-order valence-electron chi connectivity index (χ2n) is 5.76. The third-order valence-electron chi connectivity index (χ3n) is 5.62. The van der Waals surface area contributed by atoms with Crippen LogP contribution in [0.1, 0.15) is 25.7 Å². The maximum atomic E-state index is 6.40. The molecule has 0 amide bonds. The van der Waals surface area contributed by atoms with Gasteiger partial charge in [0.05, 0.1) is 3.55 Å². The van der Waals surface area contributed by atoms with Crippen molar-refractivity contribution < 1.29 is 0 Å². The van der Waals surface area contributed by atoms with E-state index < -0.39 is 0 Å². The number of alkyl halides is 1. The molecule has 0 aromatic heterocycles. The molecule has 4 bridgehead atoms. The summed E-state index contributed by atoms with van der Waals surface area (Å²) in [5.41, 5.74) is 6.40. The van der Waals surface area contributed by atoms with Crippen LogP contribution in [0, 0.1) is 35.5 Å². The van der Waals surface area contributed by atoms with E-state index in [4.69, 9.17) is 5.73 Å². The van der Waals surface area contributed by atoms with Crippen LogP contribution in [0.4, 0.5) is 0 Å². The Morgan fingerprint density at radius 1 is 1.00 bits per heavy atom. The predicted octanol–water partition coefficient (Wildman–Crippen LogP) is 2.39. The van der Waals surface area contributed by atoms with Gasteiger partial charge in [0, 0.05) is 0 Å². The molecule has 0 saturated heterocycles. The van der Waals surface area contributed by atoms with Crippen molar-refractivity contribution in [3.05, 3.63) is 0 Å². The van der Waals surface area contributed by atoms with Crippen molar-refractivity contribution in [1.29, 1.82) is 0 Å². The van der Waals surface area contributed by atoms with Gasteiger partial charge in [0.1, 0.15) is 0 Å². The number of hydrogen-bond acceptors (Lipinski definition) is 1. The predicted molar refractivity (Wildman–Crippen MR) is 60.3 cm³/mol. The van der Waals surface area contributed by atoms with E-state index in [0.29, 0.717) is 0 Å². The van der Waals surface area contributed by atoms with Crippen LogP contribution >= 0.6 is 22.6 Å². The Morgan fingerprint density at radius 3 is 2.00 bits per heavy atom. The molecule has 6 atom stereocenters. The lowest BCUT2D eigenvalue weighted by atomic mass is 9.73. The molecule has 0 aliphatic heterocycles. The fourth-order valence-corrected chi connectivity index (χ4v) is 6.57. The van der Waals surface area contributed by atoms with Gasteiger partial charge in [-0.15, -0.1) is 0 Å². The SMILES string of the molecule is NC1(I)C2CC1C1C3CCC(C3)C12. The molecule has 0 aromatic carbocycles. The summed E-state index contributed by atoms with van der Waals surface area (Å²) in [4.78, 5) is 0. The highest BCUT2D eigenvalue weighted by Gasteiger charge is 2.71. The topological polar surface area (TPSA) is 26.0 Å². The van der Waals surface area contributed by atoms with Crippen LogP contribution in [-0.4, -0.2) is 3.55 Å². The summed E-state index contributed by atoms with van der Waals surface area (Å²) in [6, 6.07) is 0. The lowest BCUT2D eigenvalue weighted by molar-refractivity contribution is 0.166. The summed E-state index contributed by atoms with van der Waals surface area (Å²) >= 11 is 2.56. The van der Waals surface area contributed by atoms with Gasteiger partial charge in [-0.3, -0.25) is 0 Å². The van der Waals surface area contributed by atoms with Crippen LogP contribution in [0.25, 0.3) is 0 Å². The summed E-state index contributed by atoms with van der Waals surface area (Å²) in [5, 5.41) is 0. The van der Waals surface area contributed by atoms with Gasteiger partial charge >= 0.3 is 0 Å². The Bertz CT molecular complexity index is 251. The Kier molecular flexibility index (Phi) is 1.28. The van der Waals surface area contributed by atoms with Crippen molar-refractivity contribution in [2.75, 3.05) is 0 Å². The van der Waals surface area contributed by atoms with E-state index in [-0.39, 0.29) is 3.55 Å². The quantitative estimate of drug-likeness (QED) is 0.413. The van der Waals surface area contributed by atoms with Crippen molar-refractivity contribution in [1.82, 2.24) is 0 Å². The third kappa shape index (κ3) is 0.695. The van der Waals surface area contributed by atoms with E-state index in [2.05, 4.69) is 22.6 Å². The van der Waals surface area contributed by atoms with E-state index in [1.54, 1.807) is 6.42 Å². The Balaban J connectivity index is 1.79. The summed E-state index contributed by atoms with van der Waals surface area (Å²) in [6.07, 6.45) is 6.10. The first kappa shape index (κ1) is 7.91. The first-order chi connectivity index (χ1) is 6.19. The molecule has 0 heterocycles. The van der Waals surface area contributed by atoms with Gasteiger partial charge < -0.3 is 5.73 Å². The first-order valence-corrected chi connectivity index (χ1v) is 6.75. The molecule has 13 heavy (non-hydrogen) atoms. The van der Waals surface area contributed by atoms with Crippen LogP contribution in [0.3, 0.4) is 0 Å². The molecule has 0 spiro atoms. The minimum atomic E-state index is 0.217. The second-order valence-corrected chi connectivity index (χ2v) is 7.63. The van der Waals surface area contributed by atoms with Crippen LogP contribution in [0.2, 0.25) is 0 Å². The van der Waals surface area contributed by atoms with Gasteiger partial charge in [-0.25, -0.2) is 0 Å². The smallest absolute Gasteiger partial charge is 0.0743 e. The average Bonchev–Trinajstić information content (AvgIpc) is 2.77. The molecular formula is C11H16IN. The largest absolute Gasteiger partial charge is 0.316 e. The van der Waals surface area contributed by atoms with Crippen LogP contribution in [0.15, 0.2) is 0 Å². The summed E-state index contributed by atoms with van der Waals surface area (Å²) in [5.74, 6) is 6.10. The Morgan fingerprint density at radius 2 is 1.54 bits per heavy atom. The van der Waals surface area contributed by atoms with E-state index in [9.17, 15) is 0 Å². The minimum Gasteiger partial charge on any atom is -0.316 e. The number of nitrogens with two attached hydrogens (primary N) is 1. The average molecular weight is 289 g/mol. The highest BCUT2D eigenvalue weighted by molar-refractivity contribution is 14.1. The van der Waals surface area contributed by atoms with Crippen LogP contribution < -0.4 is 5.73 Å². The van der Waals surface area contributed by atoms with Crippen molar-refractivity contribution in [3.63, 3.8) is 0 Å². The zero-order valence-corrected chi connectivity index (χ0v) is 9.91. The Hall–Kier alpha value is 0.690. The fourth-order valence-electron chi connectivity index (χ4n) is 5.23. The molecular weight excluding hydrogens is 273 g/mol. The lowest BCUT2D eigenvalue weighted by Crippen LogP contribution is -2.54. The van der Waals surface area contributed by atoms with Gasteiger partial charge in [-0.1, -0.05) is 22.6 Å². The number of hydrogen-bond donors (Lipinski definition) is 1. The van der Waals surface area contributed by atoms with Crippen LogP contribution in [-0.2, 0) is 0 Å². The third-order valence-corrected chi connectivity index (χ3v) is 7.22. The molecule has 6 unspecified atom stereocenters. The van der Waals surface area contributed by atoms with Crippen LogP contribution in [0.5, 0.6) is 0 Å². The van der Waals surface area contributed by atoms with Crippen molar-refractivity contribution in [2.45, 2.75) is 29.2 Å². The van der Waals surface area contributed by atoms with Crippen molar-refractivity contribution >= 4 is 22.6 Å². The second kappa shape index (κ2) is 2.11. The highest BCUT2D eigenvalue weighted by Crippen LogP contribution is 2.74. The molecule has 1 nitrogen and oxygen atoms in total. The lowest BCUT2D eigenvalue weighted by Gasteiger charge is -2.45. The van der Waals surface area contributed by atoms with E-state index in [1.165, 1.54) is 19.3 Å². The number of fused-ring (bicyclic) bond motifs is 2. The van der Waals surface area contributed by atoms with E-state index >= 15 is 0 Å². The van der Waals surface area contributed by atoms with Gasteiger partial charge in [0.25, 0.3) is 0 Å². The van der Waals surface area contributed by atoms with E-state index in [0.717, 1.165) is 35.5 Å². The summed E-state index contributed by atoms with van der Waals surface area (Å²) in [7, 11) is 0. The summed E-state index contributed by atoms with van der Waals surface area (Å²) in [6.45, 7) is 0. The molecule has 0 radical (unpaired) electrons. The molecule has 0 aromatic rings. The molecule has 5 aliphatic carbocycles. The molecule has 72 valence electrons. The molecule has 5 aliphatic rings. The molecule has 5 fully saturated rings. The van der Waals surface area contributed by atoms with E-state index in [1.807, 2.05) is 0 Å². The van der Waals surface area contributed by atoms with Gasteiger partial charge in [-0.2, -0.15) is 0 Å². The van der Waals surface area contributed by atoms with Gasteiger partial charge in [0.2, 0.25) is 0 Å². The van der Waals surface area contributed by atoms with Crippen molar-refractivity contribution in [3.8, 4) is 0 Å². The number of rotatable bonds is 0. The monoisotopic (exact) mass is 289 g/mol. The molecule has 5 rings (SSSR count). The molecule has 2 heteroatoms.